The van der Waals surface area contributed by atoms with Gasteiger partial charge in [-0.05, 0) is 49.4 Å². The Hall–Kier alpha value is -1.42. The van der Waals surface area contributed by atoms with Crippen molar-refractivity contribution in [1.82, 2.24) is 5.32 Å². The summed E-state index contributed by atoms with van der Waals surface area (Å²) in [6, 6.07) is 6.14. The number of hydrogen-bond acceptors (Lipinski definition) is 2. The van der Waals surface area contributed by atoms with E-state index >= 15 is 0 Å². The first-order valence-corrected chi connectivity index (χ1v) is 7.80. The molecule has 0 saturated heterocycles. The monoisotopic (exact) mass is 292 g/mol. The molecule has 4 heteroatoms. The molecule has 0 radical (unpaired) electrons. The second kappa shape index (κ2) is 7.03. The third kappa shape index (κ3) is 4.27. The van der Waals surface area contributed by atoms with Crippen LogP contribution in [-0.4, -0.2) is 12.5 Å². The number of nitrogens with one attached hydrogen (secondary N) is 1. The van der Waals surface area contributed by atoms with E-state index in [1.807, 2.05) is 6.92 Å². The molecule has 3 N–H and O–H groups in total. The number of nitrogens with two attached hydrogens (primary N) is 1. The van der Waals surface area contributed by atoms with Crippen molar-refractivity contribution < 1.29 is 9.18 Å². The Morgan fingerprint density at radius 2 is 1.90 bits per heavy atom. The molecule has 1 atom stereocenters. The highest BCUT2D eigenvalue weighted by atomic mass is 19.1. The normalized spacial score (nSPS) is 19.0. The molecule has 1 fully saturated rings. The van der Waals surface area contributed by atoms with E-state index < -0.39 is 0 Å². The van der Waals surface area contributed by atoms with E-state index in [9.17, 15) is 9.18 Å². The largest absolute Gasteiger partial charge is 0.350 e. The van der Waals surface area contributed by atoms with Crippen molar-refractivity contribution in [2.45, 2.75) is 51.5 Å². The maximum Gasteiger partial charge on any atom is 0.221 e. The molecule has 0 unspecified atom stereocenters. The van der Waals surface area contributed by atoms with Gasteiger partial charge in [-0.15, -0.1) is 0 Å². The summed E-state index contributed by atoms with van der Waals surface area (Å²) in [6.07, 6.45) is 6.16. The third-order valence-corrected chi connectivity index (χ3v) is 4.63. The molecule has 3 nitrogen and oxygen atoms in total. The predicted molar refractivity (Wildman–Crippen MR) is 82.1 cm³/mol. The van der Waals surface area contributed by atoms with Crippen molar-refractivity contribution in [1.29, 1.82) is 0 Å². The van der Waals surface area contributed by atoms with E-state index in [0.29, 0.717) is 13.0 Å². The van der Waals surface area contributed by atoms with E-state index in [1.54, 1.807) is 12.1 Å². The van der Waals surface area contributed by atoms with Gasteiger partial charge in [0.05, 0.1) is 6.04 Å². The molecule has 1 aromatic carbocycles. The lowest BCUT2D eigenvalue weighted by molar-refractivity contribution is -0.124. The van der Waals surface area contributed by atoms with Crippen LogP contribution in [0.5, 0.6) is 0 Å². The number of hydrogen-bond donors (Lipinski definition) is 2. The molecular formula is C17H25FN2O. The lowest BCUT2D eigenvalue weighted by Crippen LogP contribution is -2.39. The second-order valence-electron chi connectivity index (χ2n) is 6.28. The summed E-state index contributed by atoms with van der Waals surface area (Å²) in [6.45, 7) is 2.49. The summed E-state index contributed by atoms with van der Waals surface area (Å²) in [5.74, 6) is -0.222. The zero-order chi connectivity index (χ0) is 15.3. The molecule has 0 heterocycles. The van der Waals surface area contributed by atoms with E-state index in [2.05, 4.69) is 5.32 Å². The smallest absolute Gasteiger partial charge is 0.221 e. The minimum absolute atomic E-state index is 0.0230. The second-order valence-corrected chi connectivity index (χ2v) is 6.28. The first kappa shape index (κ1) is 16.0. The van der Waals surface area contributed by atoms with Gasteiger partial charge in [0, 0.05) is 6.42 Å². The molecule has 1 aliphatic carbocycles. The summed E-state index contributed by atoms with van der Waals surface area (Å²) >= 11 is 0. The Balaban J connectivity index is 1.92. The van der Waals surface area contributed by atoms with Gasteiger partial charge >= 0.3 is 0 Å². The third-order valence-electron chi connectivity index (χ3n) is 4.63. The maximum atomic E-state index is 12.9. The molecule has 2 rings (SSSR count). The number of carbonyl (C=O) groups is 1. The highest BCUT2D eigenvalue weighted by molar-refractivity contribution is 5.77. The van der Waals surface area contributed by atoms with Gasteiger partial charge in [0.25, 0.3) is 0 Å². The molecule has 1 amide bonds. The molecule has 0 bridgehead atoms. The minimum Gasteiger partial charge on any atom is -0.350 e. The summed E-state index contributed by atoms with van der Waals surface area (Å²) in [5, 5.41) is 3.01. The first-order chi connectivity index (χ1) is 10.0. The van der Waals surface area contributed by atoms with Crippen LogP contribution in [0.4, 0.5) is 4.39 Å². The zero-order valence-electron chi connectivity index (χ0n) is 12.7. The minimum atomic E-state index is -0.262. The lowest BCUT2D eigenvalue weighted by Gasteiger charge is -2.36. The van der Waals surface area contributed by atoms with Crippen LogP contribution in [0.2, 0.25) is 0 Å². The number of carbonyl (C=O) groups excluding carboxylic acids is 1. The van der Waals surface area contributed by atoms with Crippen molar-refractivity contribution in [3.8, 4) is 0 Å². The number of halogens is 1. The van der Waals surface area contributed by atoms with Crippen LogP contribution in [0.1, 0.15) is 57.1 Å². The molecule has 21 heavy (non-hydrogen) atoms. The molecule has 1 aliphatic rings. The molecule has 116 valence electrons. The summed E-state index contributed by atoms with van der Waals surface area (Å²) in [5.41, 5.74) is 6.81. The van der Waals surface area contributed by atoms with Crippen molar-refractivity contribution in [3.05, 3.63) is 35.6 Å². The van der Waals surface area contributed by atoms with Crippen LogP contribution in [0.15, 0.2) is 24.3 Å². The fourth-order valence-corrected chi connectivity index (χ4v) is 3.22. The first-order valence-electron chi connectivity index (χ1n) is 7.80. The summed E-state index contributed by atoms with van der Waals surface area (Å²) < 4.78 is 12.9. The molecule has 0 spiro atoms. The molecule has 1 saturated carbocycles. The fraction of sp³-hybridized carbons (Fsp3) is 0.588. The molecular weight excluding hydrogens is 267 g/mol. The van der Waals surface area contributed by atoms with Crippen LogP contribution in [-0.2, 0) is 4.79 Å². The molecule has 0 aromatic heterocycles. The Kier molecular flexibility index (Phi) is 5.34. The Morgan fingerprint density at radius 1 is 1.29 bits per heavy atom. The van der Waals surface area contributed by atoms with Gasteiger partial charge in [-0.25, -0.2) is 4.39 Å². The average molecular weight is 292 g/mol. The molecule has 0 aliphatic heterocycles. The fourth-order valence-electron chi connectivity index (χ4n) is 3.22. The van der Waals surface area contributed by atoms with E-state index in [1.165, 1.54) is 18.6 Å². The van der Waals surface area contributed by atoms with Gasteiger partial charge in [-0.3, -0.25) is 4.79 Å². The van der Waals surface area contributed by atoms with Crippen molar-refractivity contribution in [2.75, 3.05) is 6.54 Å². The van der Waals surface area contributed by atoms with Gasteiger partial charge < -0.3 is 11.1 Å². The van der Waals surface area contributed by atoms with Crippen molar-refractivity contribution in [3.63, 3.8) is 0 Å². The topological polar surface area (TPSA) is 55.1 Å². The van der Waals surface area contributed by atoms with Crippen LogP contribution >= 0.6 is 0 Å². The van der Waals surface area contributed by atoms with E-state index in [0.717, 1.165) is 31.2 Å². The van der Waals surface area contributed by atoms with E-state index in [-0.39, 0.29) is 23.2 Å². The Morgan fingerprint density at radius 3 is 2.48 bits per heavy atom. The van der Waals surface area contributed by atoms with Crippen LogP contribution < -0.4 is 11.1 Å². The van der Waals surface area contributed by atoms with Crippen LogP contribution in [0, 0.1) is 11.2 Å². The average Bonchev–Trinajstić information content (AvgIpc) is 2.48. The Labute approximate surface area is 126 Å². The van der Waals surface area contributed by atoms with Gasteiger partial charge in [0.1, 0.15) is 5.82 Å². The summed E-state index contributed by atoms with van der Waals surface area (Å²) in [7, 11) is 0. The Bertz CT molecular complexity index is 466. The number of amides is 1. The SMILES string of the molecule is C[C@@H](NC(=O)CC1(CN)CCCCC1)c1ccc(F)cc1. The predicted octanol–water partition coefficient (Wildman–Crippen LogP) is 3.30. The van der Waals surface area contributed by atoms with Crippen molar-refractivity contribution >= 4 is 5.91 Å². The highest BCUT2D eigenvalue weighted by Gasteiger charge is 2.33. The zero-order valence-corrected chi connectivity index (χ0v) is 12.7. The van der Waals surface area contributed by atoms with Gasteiger partial charge in [-0.1, -0.05) is 31.4 Å². The summed E-state index contributed by atoms with van der Waals surface area (Å²) in [4.78, 5) is 12.3. The van der Waals surface area contributed by atoms with Gasteiger partial charge in [0.2, 0.25) is 5.91 Å². The van der Waals surface area contributed by atoms with Gasteiger partial charge in [0.15, 0.2) is 0 Å². The highest BCUT2D eigenvalue weighted by Crippen LogP contribution is 2.38. The van der Waals surface area contributed by atoms with Crippen LogP contribution in [0.25, 0.3) is 0 Å². The lowest BCUT2D eigenvalue weighted by atomic mass is 9.71. The molecule has 1 aromatic rings. The van der Waals surface area contributed by atoms with Crippen LogP contribution in [0.3, 0.4) is 0 Å². The quantitative estimate of drug-likeness (QED) is 0.875. The van der Waals surface area contributed by atoms with Crippen molar-refractivity contribution in [2.24, 2.45) is 11.1 Å². The standard InChI is InChI=1S/C17H25FN2O/c1-13(14-5-7-15(18)8-6-14)20-16(21)11-17(12-19)9-3-2-4-10-17/h5-8,13H,2-4,9-12,19H2,1H3,(H,20,21)/t13-/m1/s1. The number of benzene rings is 1. The number of rotatable bonds is 5. The van der Waals surface area contributed by atoms with E-state index in [4.69, 9.17) is 5.73 Å². The van der Waals surface area contributed by atoms with Gasteiger partial charge in [-0.2, -0.15) is 0 Å². The maximum absolute atomic E-state index is 12.9.